The predicted molar refractivity (Wildman–Crippen MR) is 117 cm³/mol. The van der Waals surface area contributed by atoms with Crippen molar-refractivity contribution < 1.29 is 17.9 Å². The van der Waals surface area contributed by atoms with E-state index in [1.165, 1.54) is 11.4 Å². The molecular formula is C20H19ClN2O4S2. The van der Waals surface area contributed by atoms with Crippen LogP contribution in [0.25, 0.3) is 0 Å². The highest BCUT2D eigenvalue weighted by molar-refractivity contribution is 7.94. The Morgan fingerprint density at radius 1 is 1.14 bits per heavy atom. The lowest BCUT2D eigenvalue weighted by molar-refractivity contribution is -0.122. The topological polar surface area (TPSA) is 75.7 Å². The molecule has 152 valence electrons. The molecule has 3 rings (SSSR count). The highest BCUT2D eigenvalue weighted by Crippen LogP contribution is 2.27. The van der Waals surface area contributed by atoms with Crippen LogP contribution in [-0.4, -0.2) is 27.5 Å². The number of carbonyl (C=O) groups excluding carboxylic acids is 1. The van der Waals surface area contributed by atoms with Crippen molar-refractivity contribution in [3.63, 3.8) is 0 Å². The average molecular weight is 451 g/mol. The number of amides is 1. The van der Waals surface area contributed by atoms with Crippen LogP contribution in [0.5, 0.6) is 5.75 Å². The molecule has 29 heavy (non-hydrogen) atoms. The Kier molecular flexibility index (Phi) is 6.46. The van der Waals surface area contributed by atoms with Crippen molar-refractivity contribution in [2.75, 3.05) is 16.7 Å². The summed E-state index contributed by atoms with van der Waals surface area (Å²) in [6, 6.07) is 16.6. The number of anilines is 2. The first-order chi connectivity index (χ1) is 13.8. The maximum absolute atomic E-state index is 12.6. The van der Waals surface area contributed by atoms with Gasteiger partial charge in [-0.3, -0.25) is 9.10 Å². The summed E-state index contributed by atoms with van der Waals surface area (Å²) in [6.07, 6.45) is -0.757. The summed E-state index contributed by atoms with van der Waals surface area (Å²) in [4.78, 5) is 12.3. The quantitative estimate of drug-likeness (QED) is 0.569. The number of benzene rings is 2. The molecule has 0 fully saturated rings. The second-order valence-electron chi connectivity index (χ2n) is 6.16. The lowest BCUT2D eigenvalue weighted by atomic mass is 10.3. The summed E-state index contributed by atoms with van der Waals surface area (Å²) >= 11 is 7.08. The largest absolute Gasteiger partial charge is 0.481 e. The highest BCUT2D eigenvalue weighted by atomic mass is 35.5. The summed E-state index contributed by atoms with van der Waals surface area (Å²) in [7, 11) is -2.11. The molecule has 1 aromatic heterocycles. The van der Waals surface area contributed by atoms with Crippen molar-refractivity contribution in [1.82, 2.24) is 0 Å². The van der Waals surface area contributed by atoms with Gasteiger partial charge in [0, 0.05) is 17.8 Å². The molecule has 9 heteroatoms. The van der Waals surface area contributed by atoms with E-state index in [2.05, 4.69) is 5.32 Å². The van der Waals surface area contributed by atoms with E-state index in [1.54, 1.807) is 73.0 Å². The van der Waals surface area contributed by atoms with E-state index in [1.807, 2.05) is 0 Å². The molecule has 0 aliphatic carbocycles. The van der Waals surface area contributed by atoms with E-state index in [9.17, 15) is 13.2 Å². The highest BCUT2D eigenvalue weighted by Gasteiger charge is 2.22. The third kappa shape index (κ3) is 5.09. The Morgan fingerprint density at radius 3 is 2.48 bits per heavy atom. The molecule has 0 bridgehead atoms. The number of carbonyl (C=O) groups is 1. The fourth-order valence-corrected chi connectivity index (χ4v) is 5.03. The number of nitrogens with zero attached hydrogens (tertiary/aromatic N) is 1. The third-order valence-electron chi connectivity index (χ3n) is 4.08. The van der Waals surface area contributed by atoms with Crippen LogP contribution in [0.15, 0.2) is 70.3 Å². The minimum atomic E-state index is -3.60. The molecule has 1 amide bonds. The molecule has 3 aromatic rings. The van der Waals surface area contributed by atoms with Crippen LogP contribution in [0, 0.1) is 0 Å². The molecule has 0 saturated heterocycles. The Hall–Kier alpha value is -2.55. The lowest BCUT2D eigenvalue weighted by Crippen LogP contribution is -2.30. The van der Waals surface area contributed by atoms with Gasteiger partial charge in [-0.05, 0) is 60.8 Å². The van der Waals surface area contributed by atoms with Crippen molar-refractivity contribution in [2.45, 2.75) is 17.2 Å². The number of hydrogen-bond donors (Lipinski definition) is 1. The van der Waals surface area contributed by atoms with E-state index in [0.29, 0.717) is 22.1 Å². The maximum Gasteiger partial charge on any atom is 0.273 e. The van der Waals surface area contributed by atoms with Gasteiger partial charge in [0.15, 0.2) is 6.10 Å². The minimum absolute atomic E-state index is 0.270. The van der Waals surface area contributed by atoms with Crippen LogP contribution < -0.4 is 14.4 Å². The third-order valence-corrected chi connectivity index (χ3v) is 7.48. The van der Waals surface area contributed by atoms with Gasteiger partial charge in [-0.2, -0.15) is 0 Å². The molecule has 1 heterocycles. The normalized spacial score (nSPS) is 12.2. The van der Waals surface area contributed by atoms with Gasteiger partial charge in [-0.25, -0.2) is 8.42 Å². The van der Waals surface area contributed by atoms with Gasteiger partial charge in [-0.1, -0.05) is 23.7 Å². The number of ether oxygens (including phenoxy) is 1. The number of hydrogen-bond acceptors (Lipinski definition) is 5. The molecular weight excluding hydrogens is 432 g/mol. The van der Waals surface area contributed by atoms with Crippen molar-refractivity contribution in [1.29, 1.82) is 0 Å². The standard InChI is InChI=1S/C20H19ClN2O4S2/c1-14(20(24)22-16-6-3-5-15(21)13-16)27-18-10-8-17(9-11-18)23(2)29(25,26)19-7-4-12-28-19/h3-14H,1-2H3,(H,22,24)/t14-/m1/s1. The summed E-state index contributed by atoms with van der Waals surface area (Å²) in [6.45, 7) is 1.63. The second-order valence-corrected chi connectivity index (χ2v) is 9.74. The second kappa shape index (κ2) is 8.86. The number of sulfonamides is 1. The fraction of sp³-hybridized carbons (Fsp3) is 0.150. The number of thiophene rings is 1. The van der Waals surface area contributed by atoms with Crippen LogP contribution in [0.1, 0.15) is 6.92 Å². The van der Waals surface area contributed by atoms with Gasteiger partial charge in [0.05, 0.1) is 5.69 Å². The van der Waals surface area contributed by atoms with Gasteiger partial charge in [-0.15, -0.1) is 11.3 Å². The van der Waals surface area contributed by atoms with E-state index in [4.69, 9.17) is 16.3 Å². The van der Waals surface area contributed by atoms with Crippen molar-refractivity contribution >= 4 is 50.2 Å². The van der Waals surface area contributed by atoms with Crippen LogP contribution in [0.3, 0.4) is 0 Å². The Labute approximate surface area is 178 Å². The Bertz CT molecular complexity index is 1080. The molecule has 0 aliphatic heterocycles. The number of nitrogens with one attached hydrogen (secondary N) is 1. The zero-order valence-corrected chi connectivity index (χ0v) is 18.1. The van der Waals surface area contributed by atoms with E-state index < -0.39 is 16.1 Å². The van der Waals surface area contributed by atoms with Crippen molar-refractivity contribution in [3.05, 3.63) is 71.1 Å². The number of halogens is 1. The molecule has 0 saturated carbocycles. The first-order valence-electron chi connectivity index (χ1n) is 8.63. The Morgan fingerprint density at radius 2 is 1.86 bits per heavy atom. The van der Waals surface area contributed by atoms with Gasteiger partial charge >= 0.3 is 0 Å². The minimum Gasteiger partial charge on any atom is -0.481 e. The summed E-state index contributed by atoms with van der Waals surface area (Å²) in [5.41, 5.74) is 1.07. The number of rotatable bonds is 7. The van der Waals surface area contributed by atoms with E-state index >= 15 is 0 Å². The lowest BCUT2D eigenvalue weighted by Gasteiger charge is -2.19. The predicted octanol–water partition coefficient (Wildman–Crippen LogP) is 4.63. The molecule has 0 unspecified atom stereocenters. The monoisotopic (exact) mass is 450 g/mol. The van der Waals surface area contributed by atoms with Crippen LogP contribution >= 0.6 is 22.9 Å². The molecule has 0 aliphatic rings. The SMILES string of the molecule is C[C@@H](Oc1ccc(N(C)S(=O)(=O)c2cccs2)cc1)C(=O)Nc1cccc(Cl)c1. The van der Waals surface area contributed by atoms with Crippen LogP contribution in [0.4, 0.5) is 11.4 Å². The molecule has 1 N–H and O–H groups in total. The molecule has 6 nitrogen and oxygen atoms in total. The maximum atomic E-state index is 12.6. The summed E-state index contributed by atoms with van der Waals surface area (Å²) in [5, 5.41) is 4.97. The van der Waals surface area contributed by atoms with Gasteiger partial charge in [0.2, 0.25) is 0 Å². The van der Waals surface area contributed by atoms with Crippen LogP contribution in [-0.2, 0) is 14.8 Å². The van der Waals surface area contributed by atoms with Crippen molar-refractivity contribution in [2.24, 2.45) is 0 Å². The molecule has 2 aromatic carbocycles. The van der Waals surface area contributed by atoms with Gasteiger partial charge in [0.1, 0.15) is 9.96 Å². The van der Waals surface area contributed by atoms with Crippen LogP contribution in [0.2, 0.25) is 5.02 Å². The average Bonchev–Trinajstić information content (AvgIpc) is 3.23. The zero-order valence-electron chi connectivity index (χ0n) is 15.7. The van der Waals surface area contributed by atoms with E-state index in [0.717, 1.165) is 11.3 Å². The Balaban J connectivity index is 1.65. The molecule has 0 spiro atoms. The van der Waals surface area contributed by atoms with Gasteiger partial charge < -0.3 is 10.1 Å². The summed E-state index contributed by atoms with van der Waals surface area (Å²) < 4.78 is 32.3. The van der Waals surface area contributed by atoms with Gasteiger partial charge in [0.25, 0.3) is 15.9 Å². The smallest absolute Gasteiger partial charge is 0.273 e. The first-order valence-corrected chi connectivity index (χ1v) is 11.3. The molecule has 0 radical (unpaired) electrons. The van der Waals surface area contributed by atoms with E-state index in [-0.39, 0.29) is 10.1 Å². The molecule has 1 atom stereocenters. The fourth-order valence-electron chi connectivity index (χ4n) is 2.49. The van der Waals surface area contributed by atoms with Crippen molar-refractivity contribution in [3.8, 4) is 5.75 Å². The zero-order chi connectivity index (χ0) is 21.0. The first kappa shape index (κ1) is 21.2. The summed E-state index contributed by atoms with van der Waals surface area (Å²) in [5.74, 6) is 0.123.